The van der Waals surface area contributed by atoms with Crippen molar-refractivity contribution < 1.29 is 27.4 Å². The second-order valence-corrected chi connectivity index (χ2v) is 7.73. The smallest absolute Gasteiger partial charge is 0.416 e. The van der Waals surface area contributed by atoms with Crippen LogP contribution in [0.3, 0.4) is 0 Å². The Balaban J connectivity index is 1.76. The van der Waals surface area contributed by atoms with E-state index >= 15 is 0 Å². The van der Waals surface area contributed by atoms with E-state index in [-0.39, 0.29) is 18.1 Å². The van der Waals surface area contributed by atoms with E-state index in [4.69, 9.17) is 15.2 Å². The fourth-order valence-electron chi connectivity index (χ4n) is 4.36. The van der Waals surface area contributed by atoms with Crippen molar-refractivity contribution in [1.29, 1.82) is 0 Å². The number of nitrogens with two attached hydrogens (primary N) is 1. The van der Waals surface area contributed by atoms with Crippen molar-refractivity contribution in [2.24, 2.45) is 5.73 Å². The summed E-state index contributed by atoms with van der Waals surface area (Å²) in [5.41, 5.74) is 8.30. The minimum atomic E-state index is -4.47. The van der Waals surface area contributed by atoms with Gasteiger partial charge in [0, 0.05) is 16.5 Å². The van der Waals surface area contributed by atoms with Crippen LogP contribution in [-0.4, -0.2) is 17.6 Å². The molecule has 4 aromatic rings. The van der Waals surface area contributed by atoms with Crippen LogP contribution in [0.25, 0.3) is 21.8 Å². The standard InChI is InChI=1S/C25H19F3N2O3/c1-2-32-24(31)21-19(13-7-9-14(10-8-13)25(26,27)28)16-11-12-18-20(22(16)33-23(21)29)15-5-3-4-6-17(15)30-18/h3-12,19,30H,2,29H2,1H3. The first-order chi connectivity index (χ1) is 15.8. The molecule has 0 radical (unpaired) electrons. The topological polar surface area (TPSA) is 77.3 Å². The third kappa shape index (κ3) is 3.38. The number of rotatable bonds is 3. The average molecular weight is 452 g/mol. The first kappa shape index (κ1) is 20.9. The lowest BCUT2D eigenvalue weighted by Gasteiger charge is -2.29. The van der Waals surface area contributed by atoms with Crippen molar-refractivity contribution in [3.05, 3.63) is 88.8 Å². The van der Waals surface area contributed by atoms with E-state index in [9.17, 15) is 18.0 Å². The van der Waals surface area contributed by atoms with Crippen LogP contribution in [0.2, 0.25) is 0 Å². The highest BCUT2D eigenvalue weighted by atomic mass is 19.4. The molecule has 1 unspecified atom stereocenters. The predicted molar refractivity (Wildman–Crippen MR) is 118 cm³/mol. The van der Waals surface area contributed by atoms with Crippen LogP contribution in [0, 0.1) is 0 Å². The number of hydrogen-bond acceptors (Lipinski definition) is 4. The van der Waals surface area contributed by atoms with E-state index in [2.05, 4.69) is 4.98 Å². The van der Waals surface area contributed by atoms with Gasteiger partial charge in [-0.25, -0.2) is 4.79 Å². The third-order valence-corrected chi connectivity index (χ3v) is 5.80. The van der Waals surface area contributed by atoms with Crippen LogP contribution < -0.4 is 10.5 Å². The number of aromatic amines is 1. The molecule has 5 rings (SSSR count). The number of hydrogen-bond donors (Lipinski definition) is 2. The SMILES string of the molecule is CCOC(=O)C1=C(N)Oc2c(ccc3[nH]c4ccccc4c23)C1c1ccc(C(F)(F)F)cc1. The maximum Gasteiger partial charge on any atom is 0.416 e. The van der Waals surface area contributed by atoms with Crippen LogP contribution >= 0.6 is 0 Å². The molecule has 168 valence electrons. The van der Waals surface area contributed by atoms with Gasteiger partial charge in [0.25, 0.3) is 0 Å². The normalized spacial score (nSPS) is 16.1. The Kier molecular flexibility index (Phi) is 4.81. The minimum Gasteiger partial charge on any atom is -0.462 e. The number of para-hydroxylation sites is 1. The van der Waals surface area contributed by atoms with Crippen molar-refractivity contribution in [2.45, 2.75) is 19.0 Å². The van der Waals surface area contributed by atoms with Gasteiger partial charge in [0.1, 0.15) is 11.3 Å². The lowest BCUT2D eigenvalue weighted by Crippen LogP contribution is -2.27. The van der Waals surface area contributed by atoms with Crippen molar-refractivity contribution in [3.63, 3.8) is 0 Å². The molecule has 0 fully saturated rings. The van der Waals surface area contributed by atoms with E-state index in [1.807, 2.05) is 30.3 Å². The van der Waals surface area contributed by atoms with Crippen molar-refractivity contribution in [3.8, 4) is 5.75 Å². The number of nitrogens with one attached hydrogen (secondary N) is 1. The molecule has 0 spiro atoms. The number of fused-ring (bicyclic) bond motifs is 5. The average Bonchev–Trinajstić information content (AvgIpc) is 3.17. The fraction of sp³-hybridized carbons (Fsp3) is 0.160. The van der Waals surface area contributed by atoms with Gasteiger partial charge in [-0.1, -0.05) is 36.4 Å². The molecule has 3 N–H and O–H groups in total. The highest BCUT2D eigenvalue weighted by Gasteiger charge is 2.37. The number of carbonyl (C=O) groups excluding carboxylic acids is 1. The van der Waals surface area contributed by atoms with E-state index < -0.39 is 23.6 Å². The van der Waals surface area contributed by atoms with Crippen molar-refractivity contribution in [2.75, 3.05) is 6.61 Å². The van der Waals surface area contributed by atoms with Crippen LogP contribution in [0.1, 0.15) is 29.5 Å². The lowest BCUT2D eigenvalue weighted by atomic mass is 9.82. The number of alkyl halides is 3. The van der Waals surface area contributed by atoms with Gasteiger partial charge in [0.05, 0.1) is 29.0 Å². The molecule has 8 heteroatoms. The monoisotopic (exact) mass is 452 g/mol. The summed E-state index contributed by atoms with van der Waals surface area (Å²) < 4.78 is 50.6. The Bertz CT molecular complexity index is 1420. The molecule has 0 saturated carbocycles. The summed E-state index contributed by atoms with van der Waals surface area (Å²) >= 11 is 0. The quantitative estimate of drug-likeness (QED) is 0.397. The first-order valence-corrected chi connectivity index (χ1v) is 10.3. The van der Waals surface area contributed by atoms with Gasteiger partial charge in [-0.3, -0.25) is 0 Å². The van der Waals surface area contributed by atoms with Gasteiger partial charge in [0.15, 0.2) is 0 Å². The molecule has 1 atom stereocenters. The summed E-state index contributed by atoms with van der Waals surface area (Å²) in [6, 6.07) is 16.0. The highest BCUT2D eigenvalue weighted by molar-refractivity contribution is 6.11. The predicted octanol–water partition coefficient (Wildman–Crippen LogP) is 5.60. The maximum absolute atomic E-state index is 13.1. The highest BCUT2D eigenvalue weighted by Crippen LogP contribution is 2.47. The number of carbonyl (C=O) groups is 1. The van der Waals surface area contributed by atoms with Gasteiger partial charge >= 0.3 is 12.1 Å². The van der Waals surface area contributed by atoms with E-state index in [0.29, 0.717) is 16.9 Å². The summed E-state index contributed by atoms with van der Waals surface area (Å²) in [4.78, 5) is 16.2. The fourth-order valence-corrected chi connectivity index (χ4v) is 4.36. The zero-order valence-corrected chi connectivity index (χ0v) is 17.5. The largest absolute Gasteiger partial charge is 0.462 e. The Labute approximate surface area is 186 Å². The van der Waals surface area contributed by atoms with Gasteiger partial charge < -0.3 is 20.2 Å². The van der Waals surface area contributed by atoms with Crippen LogP contribution in [0.15, 0.2) is 72.1 Å². The molecular weight excluding hydrogens is 433 g/mol. The minimum absolute atomic E-state index is 0.0586. The molecular formula is C25H19F3N2O3. The molecule has 33 heavy (non-hydrogen) atoms. The summed E-state index contributed by atoms with van der Waals surface area (Å²) in [5.74, 6) is -1.11. The third-order valence-electron chi connectivity index (χ3n) is 5.80. The van der Waals surface area contributed by atoms with E-state index in [0.717, 1.165) is 33.9 Å². The maximum atomic E-state index is 13.1. The summed E-state index contributed by atoms with van der Waals surface area (Å²) in [5, 5.41) is 1.69. The molecule has 0 amide bonds. The van der Waals surface area contributed by atoms with E-state index in [1.54, 1.807) is 13.0 Å². The molecule has 1 aromatic heterocycles. The number of esters is 1. The Morgan fingerprint density at radius 2 is 1.79 bits per heavy atom. The summed E-state index contributed by atoms with van der Waals surface area (Å²) in [6.45, 7) is 1.78. The second kappa shape index (κ2) is 7.58. The van der Waals surface area contributed by atoms with Gasteiger partial charge in [0.2, 0.25) is 5.88 Å². The molecule has 2 heterocycles. The van der Waals surface area contributed by atoms with Crippen LogP contribution in [0.4, 0.5) is 13.2 Å². The lowest BCUT2D eigenvalue weighted by molar-refractivity contribution is -0.139. The van der Waals surface area contributed by atoms with Crippen LogP contribution in [-0.2, 0) is 15.7 Å². The first-order valence-electron chi connectivity index (χ1n) is 10.3. The Morgan fingerprint density at radius 3 is 2.48 bits per heavy atom. The summed E-state index contributed by atoms with van der Waals surface area (Å²) in [7, 11) is 0. The zero-order chi connectivity index (χ0) is 23.3. The number of aromatic nitrogens is 1. The Morgan fingerprint density at radius 1 is 1.06 bits per heavy atom. The number of H-pyrrole nitrogens is 1. The number of benzene rings is 3. The van der Waals surface area contributed by atoms with Crippen LogP contribution in [0.5, 0.6) is 5.75 Å². The Hall–Kier alpha value is -3.94. The van der Waals surface area contributed by atoms with Gasteiger partial charge in [-0.2, -0.15) is 13.2 Å². The molecule has 0 bridgehead atoms. The molecule has 0 aliphatic carbocycles. The molecule has 0 saturated heterocycles. The molecule has 5 nitrogen and oxygen atoms in total. The molecule has 1 aliphatic rings. The number of halogens is 3. The van der Waals surface area contributed by atoms with Gasteiger partial charge in [-0.15, -0.1) is 0 Å². The molecule has 1 aliphatic heterocycles. The zero-order valence-electron chi connectivity index (χ0n) is 17.5. The van der Waals surface area contributed by atoms with Gasteiger partial charge in [-0.05, 0) is 36.8 Å². The summed E-state index contributed by atoms with van der Waals surface area (Å²) in [6.07, 6.45) is -4.47. The van der Waals surface area contributed by atoms with Crippen molar-refractivity contribution >= 4 is 27.8 Å². The molecule has 3 aromatic carbocycles. The van der Waals surface area contributed by atoms with Crippen molar-refractivity contribution in [1.82, 2.24) is 4.98 Å². The number of ether oxygens (including phenoxy) is 2. The van der Waals surface area contributed by atoms with E-state index in [1.165, 1.54) is 12.1 Å². The second-order valence-electron chi connectivity index (χ2n) is 7.73.